The number of hydrogen-bond acceptors (Lipinski definition) is 1. The summed E-state index contributed by atoms with van der Waals surface area (Å²) < 4.78 is 0. The van der Waals surface area contributed by atoms with Crippen LogP contribution in [0.15, 0.2) is 12.1 Å². The monoisotopic (exact) mass is 184 g/mol. The van der Waals surface area contributed by atoms with Crippen molar-refractivity contribution >= 4 is 11.6 Å². The number of alkyl halides is 1. The van der Waals surface area contributed by atoms with E-state index < -0.39 is 0 Å². The molecule has 0 bridgehead atoms. The molecule has 0 atom stereocenters. The Morgan fingerprint density at radius 1 is 1.33 bits per heavy atom. The molecule has 0 aliphatic carbocycles. The number of aliphatic hydroxyl groups excluding tert-OH is 1. The molecule has 1 aromatic carbocycles. The van der Waals surface area contributed by atoms with Crippen molar-refractivity contribution in [2.75, 3.05) is 0 Å². The summed E-state index contributed by atoms with van der Waals surface area (Å²) in [5.74, 6) is 0.513. The molecule has 2 heteroatoms. The average Bonchev–Trinajstić information content (AvgIpc) is 2.06. The lowest BCUT2D eigenvalue weighted by Gasteiger charge is -2.10. The Balaban J connectivity index is 3.24. The predicted octanol–water partition coefficient (Wildman–Crippen LogP) is 2.53. The zero-order valence-corrected chi connectivity index (χ0v) is 8.15. The van der Waals surface area contributed by atoms with E-state index in [1.807, 2.05) is 26.0 Å². The van der Waals surface area contributed by atoms with Crippen LogP contribution in [0.2, 0.25) is 0 Å². The van der Waals surface area contributed by atoms with Crippen molar-refractivity contribution in [3.05, 3.63) is 34.4 Å². The highest BCUT2D eigenvalue weighted by molar-refractivity contribution is 6.17. The van der Waals surface area contributed by atoms with Gasteiger partial charge in [-0.1, -0.05) is 12.1 Å². The number of aryl methyl sites for hydroxylation is 1. The Bertz CT molecular complexity index is 281. The van der Waals surface area contributed by atoms with E-state index in [4.69, 9.17) is 16.7 Å². The van der Waals surface area contributed by atoms with Crippen molar-refractivity contribution < 1.29 is 5.11 Å². The molecule has 0 aromatic heterocycles. The molecular weight excluding hydrogens is 172 g/mol. The molecule has 0 aliphatic heterocycles. The van der Waals surface area contributed by atoms with Gasteiger partial charge in [-0.3, -0.25) is 0 Å². The fourth-order valence-electron chi connectivity index (χ4n) is 1.33. The molecule has 1 aromatic rings. The van der Waals surface area contributed by atoms with Crippen LogP contribution in [-0.2, 0) is 12.5 Å². The molecule has 0 heterocycles. The van der Waals surface area contributed by atoms with E-state index in [1.165, 1.54) is 0 Å². The Hall–Kier alpha value is -0.530. The van der Waals surface area contributed by atoms with Gasteiger partial charge in [0.05, 0.1) is 6.61 Å². The molecule has 1 nitrogen and oxygen atoms in total. The van der Waals surface area contributed by atoms with Crippen LogP contribution in [0.5, 0.6) is 0 Å². The van der Waals surface area contributed by atoms with Crippen LogP contribution in [0.3, 0.4) is 0 Å². The lowest BCUT2D eigenvalue weighted by atomic mass is 9.99. The molecule has 0 saturated heterocycles. The van der Waals surface area contributed by atoms with E-state index in [2.05, 4.69) is 0 Å². The Kier molecular flexibility index (Phi) is 3.12. The zero-order valence-electron chi connectivity index (χ0n) is 7.39. The van der Waals surface area contributed by atoms with E-state index in [-0.39, 0.29) is 6.61 Å². The predicted molar refractivity (Wildman–Crippen MR) is 51.4 cm³/mol. The topological polar surface area (TPSA) is 20.2 Å². The minimum absolute atomic E-state index is 0.0996. The van der Waals surface area contributed by atoms with E-state index >= 15 is 0 Å². The molecule has 0 radical (unpaired) electrons. The summed E-state index contributed by atoms with van der Waals surface area (Å²) in [5, 5.41) is 9.08. The maximum atomic E-state index is 9.08. The number of hydrogen-bond donors (Lipinski definition) is 1. The highest BCUT2D eigenvalue weighted by Crippen LogP contribution is 2.19. The van der Waals surface area contributed by atoms with E-state index in [1.54, 1.807) is 0 Å². The first-order valence-corrected chi connectivity index (χ1v) is 4.49. The van der Waals surface area contributed by atoms with Crippen molar-refractivity contribution in [2.24, 2.45) is 0 Å². The summed E-state index contributed by atoms with van der Waals surface area (Å²) in [6, 6.07) is 4.01. The summed E-state index contributed by atoms with van der Waals surface area (Å²) in [6.07, 6.45) is 0. The van der Waals surface area contributed by atoms with Crippen molar-refractivity contribution in [1.29, 1.82) is 0 Å². The third-order valence-electron chi connectivity index (χ3n) is 2.25. The summed E-state index contributed by atoms with van der Waals surface area (Å²) >= 11 is 5.73. The summed E-state index contributed by atoms with van der Waals surface area (Å²) in [6.45, 7) is 4.09. The van der Waals surface area contributed by atoms with Crippen LogP contribution in [-0.4, -0.2) is 5.11 Å². The Morgan fingerprint density at radius 2 is 2.00 bits per heavy atom. The van der Waals surface area contributed by atoms with Crippen LogP contribution in [0.25, 0.3) is 0 Å². The van der Waals surface area contributed by atoms with Gasteiger partial charge in [-0.15, -0.1) is 11.6 Å². The summed E-state index contributed by atoms with van der Waals surface area (Å²) in [5.41, 5.74) is 4.36. The third kappa shape index (κ3) is 1.62. The Labute approximate surface area is 78.0 Å². The highest BCUT2D eigenvalue weighted by Gasteiger charge is 2.04. The number of aliphatic hydroxyl groups is 1. The van der Waals surface area contributed by atoms with Gasteiger partial charge >= 0.3 is 0 Å². The van der Waals surface area contributed by atoms with E-state index in [0.29, 0.717) is 5.88 Å². The molecule has 0 fully saturated rings. The maximum Gasteiger partial charge on any atom is 0.0687 e. The van der Waals surface area contributed by atoms with Crippen LogP contribution < -0.4 is 0 Å². The van der Waals surface area contributed by atoms with Gasteiger partial charge in [0, 0.05) is 5.88 Å². The second kappa shape index (κ2) is 3.92. The minimum atomic E-state index is 0.0996. The Morgan fingerprint density at radius 3 is 2.50 bits per heavy atom. The molecule has 0 saturated carbocycles. The second-order valence-corrected chi connectivity index (χ2v) is 3.20. The molecule has 66 valence electrons. The number of benzene rings is 1. The quantitative estimate of drug-likeness (QED) is 0.701. The molecule has 12 heavy (non-hydrogen) atoms. The largest absolute Gasteiger partial charge is 0.392 e. The van der Waals surface area contributed by atoms with Crippen LogP contribution in [0.4, 0.5) is 0 Å². The molecule has 0 aliphatic rings. The first-order chi connectivity index (χ1) is 5.70. The van der Waals surface area contributed by atoms with Gasteiger partial charge in [-0.25, -0.2) is 0 Å². The van der Waals surface area contributed by atoms with Gasteiger partial charge in [0.15, 0.2) is 0 Å². The standard InChI is InChI=1S/C10H13ClO/c1-7-3-4-9(5-11)8(2)10(7)6-12/h3-4,12H,5-6H2,1-2H3. The SMILES string of the molecule is Cc1ccc(CCl)c(C)c1CO. The number of rotatable bonds is 2. The number of halogens is 1. The molecule has 1 rings (SSSR count). The zero-order chi connectivity index (χ0) is 9.14. The van der Waals surface area contributed by atoms with Crippen LogP contribution in [0, 0.1) is 13.8 Å². The molecular formula is C10H13ClO. The normalized spacial score (nSPS) is 10.3. The van der Waals surface area contributed by atoms with Crippen molar-refractivity contribution in [3.63, 3.8) is 0 Å². The first-order valence-electron chi connectivity index (χ1n) is 3.95. The maximum absolute atomic E-state index is 9.08. The van der Waals surface area contributed by atoms with Crippen LogP contribution >= 0.6 is 11.6 Å². The third-order valence-corrected chi connectivity index (χ3v) is 2.53. The molecule has 0 unspecified atom stereocenters. The highest BCUT2D eigenvalue weighted by atomic mass is 35.5. The fraction of sp³-hybridized carbons (Fsp3) is 0.400. The van der Waals surface area contributed by atoms with Gasteiger partial charge in [-0.05, 0) is 36.1 Å². The lowest BCUT2D eigenvalue weighted by Crippen LogP contribution is -1.96. The molecule has 0 amide bonds. The van der Waals surface area contributed by atoms with Gasteiger partial charge in [0.1, 0.15) is 0 Å². The van der Waals surface area contributed by atoms with Crippen molar-refractivity contribution in [1.82, 2.24) is 0 Å². The second-order valence-electron chi connectivity index (χ2n) is 2.94. The summed E-state index contributed by atoms with van der Waals surface area (Å²) in [7, 11) is 0. The van der Waals surface area contributed by atoms with E-state index in [9.17, 15) is 0 Å². The van der Waals surface area contributed by atoms with Crippen molar-refractivity contribution in [2.45, 2.75) is 26.3 Å². The van der Waals surface area contributed by atoms with Gasteiger partial charge < -0.3 is 5.11 Å². The van der Waals surface area contributed by atoms with Gasteiger partial charge in [0.2, 0.25) is 0 Å². The smallest absolute Gasteiger partial charge is 0.0687 e. The van der Waals surface area contributed by atoms with Crippen molar-refractivity contribution in [3.8, 4) is 0 Å². The fourth-order valence-corrected chi connectivity index (χ4v) is 1.62. The summed E-state index contributed by atoms with van der Waals surface area (Å²) in [4.78, 5) is 0. The average molecular weight is 185 g/mol. The lowest BCUT2D eigenvalue weighted by molar-refractivity contribution is 0.280. The molecule has 0 spiro atoms. The van der Waals surface area contributed by atoms with E-state index in [0.717, 1.165) is 22.3 Å². The van der Waals surface area contributed by atoms with Gasteiger partial charge in [0.25, 0.3) is 0 Å². The molecule has 1 N–H and O–H groups in total. The first kappa shape index (κ1) is 9.56. The minimum Gasteiger partial charge on any atom is -0.392 e. The van der Waals surface area contributed by atoms with Gasteiger partial charge in [-0.2, -0.15) is 0 Å². The van der Waals surface area contributed by atoms with Crippen LogP contribution in [0.1, 0.15) is 22.3 Å².